The molecule has 2 aliphatic rings. The molecule has 0 bridgehead atoms. The zero-order valence-electron chi connectivity index (χ0n) is 11.7. The van der Waals surface area contributed by atoms with Crippen LogP contribution in [0.4, 0.5) is 11.4 Å². The van der Waals surface area contributed by atoms with E-state index < -0.39 is 0 Å². The Morgan fingerprint density at radius 2 is 2.33 bits per heavy atom. The third-order valence-corrected chi connectivity index (χ3v) is 4.44. The minimum atomic E-state index is -0.161. The third kappa shape index (κ3) is 2.98. The van der Waals surface area contributed by atoms with E-state index in [4.69, 9.17) is 4.74 Å². The topological polar surface area (TPSA) is 70.7 Å². The number of hydrogen-bond acceptors (Lipinski definition) is 5. The van der Waals surface area contributed by atoms with Gasteiger partial charge in [-0.2, -0.15) is 0 Å². The summed E-state index contributed by atoms with van der Waals surface area (Å²) in [7, 11) is 0. The van der Waals surface area contributed by atoms with Crippen molar-refractivity contribution in [3.63, 3.8) is 0 Å². The molecule has 2 N–H and O–H groups in total. The lowest BCUT2D eigenvalue weighted by Gasteiger charge is -2.29. The summed E-state index contributed by atoms with van der Waals surface area (Å²) in [6, 6.07) is 5.21. The standard InChI is InChI=1S/C14H17N3O3S/c1-9(18)17-4-5-20-13-3-2-10(6-12(13)17)16-14(19)11-7-21-8-15-11/h2-3,6,11,15H,4-5,7-8H2,1H3,(H,16,19). The van der Waals surface area contributed by atoms with Crippen molar-refractivity contribution in [2.45, 2.75) is 13.0 Å². The normalized spacial score (nSPS) is 20.6. The fourth-order valence-corrected chi connectivity index (χ4v) is 3.36. The van der Waals surface area contributed by atoms with Gasteiger partial charge in [0, 0.05) is 24.2 Å². The van der Waals surface area contributed by atoms with Crippen LogP contribution in [-0.2, 0) is 9.59 Å². The van der Waals surface area contributed by atoms with Crippen molar-refractivity contribution in [1.82, 2.24) is 5.32 Å². The Morgan fingerprint density at radius 1 is 1.48 bits per heavy atom. The second-order valence-corrected chi connectivity index (χ2v) is 5.99. The van der Waals surface area contributed by atoms with Gasteiger partial charge in [0.15, 0.2) is 0 Å². The van der Waals surface area contributed by atoms with Crippen molar-refractivity contribution in [3.05, 3.63) is 18.2 Å². The summed E-state index contributed by atoms with van der Waals surface area (Å²) in [6.07, 6.45) is 0. The van der Waals surface area contributed by atoms with E-state index >= 15 is 0 Å². The van der Waals surface area contributed by atoms with Crippen LogP contribution in [0.1, 0.15) is 6.92 Å². The molecule has 1 atom stereocenters. The molecule has 2 aliphatic heterocycles. The highest BCUT2D eigenvalue weighted by molar-refractivity contribution is 7.99. The number of carbonyl (C=O) groups is 2. The Balaban J connectivity index is 1.79. The lowest BCUT2D eigenvalue weighted by molar-refractivity contribution is -0.117. The van der Waals surface area contributed by atoms with Crippen LogP contribution in [0, 0.1) is 0 Å². The average molecular weight is 307 g/mol. The first-order chi connectivity index (χ1) is 10.1. The molecular weight excluding hydrogens is 290 g/mol. The number of hydrogen-bond donors (Lipinski definition) is 2. The molecule has 1 unspecified atom stereocenters. The van der Waals surface area contributed by atoms with Crippen molar-refractivity contribution >= 4 is 35.0 Å². The maximum absolute atomic E-state index is 12.1. The molecule has 0 aliphatic carbocycles. The fourth-order valence-electron chi connectivity index (χ4n) is 2.42. The van der Waals surface area contributed by atoms with Crippen LogP contribution in [0.5, 0.6) is 5.75 Å². The summed E-state index contributed by atoms with van der Waals surface area (Å²) in [5, 5.41) is 6.01. The molecule has 6 nitrogen and oxygen atoms in total. The fraction of sp³-hybridized carbons (Fsp3) is 0.429. The molecule has 7 heteroatoms. The van der Waals surface area contributed by atoms with Gasteiger partial charge in [0.1, 0.15) is 12.4 Å². The molecule has 0 aromatic heterocycles. The molecule has 1 aromatic carbocycles. The van der Waals surface area contributed by atoms with Gasteiger partial charge >= 0.3 is 0 Å². The highest BCUT2D eigenvalue weighted by Crippen LogP contribution is 2.34. The summed E-state index contributed by atoms with van der Waals surface area (Å²) in [6.45, 7) is 2.54. The largest absolute Gasteiger partial charge is 0.490 e. The summed E-state index contributed by atoms with van der Waals surface area (Å²) in [4.78, 5) is 25.4. The van der Waals surface area contributed by atoms with Gasteiger partial charge in [-0.15, -0.1) is 11.8 Å². The Labute approximate surface area is 127 Å². The Hall–Kier alpha value is -1.73. The molecule has 21 heavy (non-hydrogen) atoms. The smallest absolute Gasteiger partial charge is 0.242 e. The number of thioether (sulfide) groups is 1. The summed E-state index contributed by atoms with van der Waals surface area (Å²) < 4.78 is 5.54. The third-order valence-electron chi connectivity index (χ3n) is 3.50. The molecule has 2 amide bonds. The van der Waals surface area contributed by atoms with E-state index in [0.29, 0.717) is 30.3 Å². The number of ether oxygens (including phenoxy) is 1. The Bertz CT molecular complexity index is 573. The number of benzene rings is 1. The molecule has 2 heterocycles. The Kier molecular flexibility index (Phi) is 4.03. The van der Waals surface area contributed by atoms with Gasteiger partial charge in [-0.05, 0) is 18.2 Å². The monoisotopic (exact) mass is 307 g/mol. The van der Waals surface area contributed by atoms with Gasteiger partial charge in [0.25, 0.3) is 0 Å². The van der Waals surface area contributed by atoms with Crippen LogP contribution in [0.15, 0.2) is 18.2 Å². The highest BCUT2D eigenvalue weighted by Gasteiger charge is 2.24. The number of anilines is 2. The van der Waals surface area contributed by atoms with Crippen LogP contribution >= 0.6 is 11.8 Å². The molecule has 0 saturated carbocycles. The van der Waals surface area contributed by atoms with Crippen LogP contribution in [0.25, 0.3) is 0 Å². The average Bonchev–Trinajstić information content (AvgIpc) is 3.00. The number of nitrogens with zero attached hydrogens (tertiary/aromatic N) is 1. The number of nitrogens with one attached hydrogen (secondary N) is 2. The van der Waals surface area contributed by atoms with E-state index in [1.54, 1.807) is 34.9 Å². The number of carbonyl (C=O) groups excluding carboxylic acids is 2. The maximum Gasteiger partial charge on any atom is 0.242 e. The van der Waals surface area contributed by atoms with Crippen molar-refractivity contribution in [2.75, 3.05) is 35.0 Å². The summed E-state index contributed by atoms with van der Waals surface area (Å²) in [5.74, 6) is 2.17. The highest BCUT2D eigenvalue weighted by atomic mass is 32.2. The quantitative estimate of drug-likeness (QED) is 0.854. The van der Waals surface area contributed by atoms with E-state index in [2.05, 4.69) is 10.6 Å². The van der Waals surface area contributed by atoms with Crippen LogP contribution in [0.3, 0.4) is 0 Å². The summed E-state index contributed by atoms with van der Waals surface area (Å²) >= 11 is 1.70. The molecule has 0 radical (unpaired) electrons. The van der Waals surface area contributed by atoms with E-state index in [-0.39, 0.29) is 17.9 Å². The first-order valence-corrected chi connectivity index (χ1v) is 7.97. The molecule has 1 fully saturated rings. The molecule has 3 rings (SSSR count). The maximum atomic E-state index is 12.1. The number of fused-ring (bicyclic) bond motifs is 1. The number of amides is 2. The van der Waals surface area contributed by atoms with E-state index in [1.807, 2.05) is 0 Å². The van der Waals surface area contributed by atoms with E-state index in [1.165, 1.54) is 6.92 Å². The molecule has 1 saturated heterocycles. The SMILES string of the molecule is CC(=O)N1CCOc2ccc(NC(=O)C3CSCN3)cc21. The first kappa shape index (κ1) is 14.2. The lowest BCUT2D eigenvalue weighted by atomic mass is 10.2. The predicted molar refractivity (Wildman–Crippen MR) is 82.8 cm³/mol. The second-order valence-electron chi connectivity index (χ2n) is 4.96. The van der Waals surface area contributed by atoms with Gasteiger partial charge < -0.3 is 15.0 Å². The van der Waals surface area contributed by atoms with Gasteiger partial charge in [0.05, 0.1) is 18.3 Å². The van der Waals surface area contributed by atoms with E-state index in [9.17, 15) is 9.59 Å². The molecule has 0 spiro atoms. The molecule has 1 aromatic rings. The lowest BCUT2D eigenvalue weighted by Crippen LogP contribution is -2.38. The first-order valence-electron chi connectivity index (χ1n) is 6.82. The van der Waals surface area contributed by atoms with Crippen LogP contribution in [0.2, 0.25) is 0 Å². The Morgan fingerprint density at radius 3 is 3.05 bits per heavy atom. The van der Waals surface area contributed by atoms with Crippen molar-refractivity contribution in [3.8, 4) is 5.75 Å². The van der Waals surface area contributed by atoms with Crippen LogP contribution < -0.4 is 20.3 Å². The zero-order chi connectivity index (χ0) is 14.8. The van der Waals surface area contributed by atoms with Crippen LogP contribution in [-0.4, -0.2) is 42.6 Å². The minimum absolute atomic E-state index is 0.0307. The van der Waals surface area contributed by atoms with Gasteiger partial charge in [-0.25, -0.2) is 0 Å². The minimum Gasteiger partial charge on any atom is -0.490 e. The molecule has 112 valence electrons. The number of rotatable bonds is 2. The van der Waals surface area contributed by atoms with Gasteiger partial charge in [-0.1, -0.05) is 0 Å². The van der Waals surface area contributed by atoms with Crippen molar-refractivity contribution in [1.29, 1.82) is 0 Å². The van der Waals surface area contributed by atoms with Crippen molar-refractivity contribution < 1.29 is 14.3 Å². The van der Waals surface area contributed by atoms with Gasteiger partial charge in [-0.3, -0.25) is 14.9 Å². The predicted octanol–water partition coefficient (Wildman–Crippen LogP) is 1.03. The second kappa shape index (κ2) is 5.95. The van der Waals surface area contributed by atoms with Gasteiger partial charge in [0.2, 0.25) is 11.8 Å². The van der Waals surface area contributed by atoms with Crippen molar-refractivity contribution in [2.24, 2.45) is 0 Å². The zero-order valence-corrected chi connectivity index (χ0v) is 12.5. The molecular formula is C14H17N3O3S. The van der Waals surface area contributed by atoms with E-state index in [0.717, 1.165) is 11.6 Å². The summed E-state index contributed by atoms with van der Waals surface area (Å²) in [5.41, 5.74) is 1.38.